The quantitative estimate of drug-likeness (QED) is 0.500. The maximum atomic E-state index is 10.8. The lowest BCUT2D eigenvalue weighted by atomic mass is 10.2. The number of rotatable bonds is 0. The minimum atomic E-state index is -0.335. The highest BCUT2D eigenvalue weighted by atomic mass is 16.6. The van der Waals surface area contributed by atoms with Crippen LogP contribution >= 0.6 is 0 Å². The number of nitrogens with zero attached hydrogens (tertiary/aromatic N) is 1. The first-order chi connectivity index (χ1) is 4.77. The fourth-order valence-electron chi connectivity index (χ4n) is 1.52. The molecule has 0 bridgehead atoms. The number of aliphatic hydroxyl groups excluding tert-OH is 1. The maximum Gasteiger partial charge on any atom is 0.410 e. The molecule has 4 heteroatoms. The lowest BCUT2D eigenvalue weighted by Crippen LogP contribution is -2.27. The molecule has 0 aliphatic carbocycles. The Morgan fingerprint density at radius 2 is 2.50 bits per heavy atom. The second-order valence-electron chi connectivity index (χ2n) is 2.77. The van der Waals surface area contributed by atoms with Crippen molar-refractivity contribution in [2.45, 2.75) is 18.6 Å². The average molecular weight is 143 g/mol. The summed E-state index contributed by atoms with van der Waals surface area (Å²) < 4.78 is 4.74. The van der Waals surface area contributed by atoms with Gasteiger partial charge in [0.25, 0.3) is 0 Å². The SMILES string of the molecule is O=C1OC[C@@H]2C[C@H](O)CN12. The lowest BCUT2D eigenvalue weighted by Gasteiger charge is -2.08. The molecule has 2 saturated heterocycles. The van der Waals surface area contributed by atoms with Crippen LogP contribution in [-0.4, -0.2) is 41.4 Å². The van der Waals surface area contributed by atoms with Crippen molar-refractivity contribution in [1.82, 2.24) is 4.90 Å². The smallest absolute Gasteiger partial charge is 0.410 e. The van der Waals surface area contributed by atoms with Crippen LogP contribution in [0.5, 0.6) is 0 Å². The molecule has 1 amide bonds. The van der Waals surface area contributed by atoms with Gasteiger partial charge in [-0.3, -0.25) is 4.90 Å². The van der Waals surface area contributed by atoms with Gasteiger partial charge in [0, 0.05) is 0 Å². The summed E-state index contributed by atoms with van der Waals surface area (Å²) in [5.41, 5.74) is 0. The van der Waals surface area contributed by atoms with Crippen molar-refractivity contribution in [3.8, 4) is 0 Å². The zero-order chi connectivity index (χ0) is 7.14. The average Bonchev–Trinajstić information content (AvgIpc) is 2.35. The summed E-state index contributed by atoms with van der Waals surface area (Å²) >= 11 is 0. The number of carbonyl (C=O) groups is 1. The molecule has 0 saturated carbocycles. The van der Waals surface area contributed by atoms with Gasteiger partial charge in [-0.2, -0.15) is 0 Å². The molecule has 2 aliphatic rings. The number of carbonyl (C=O) groups excluding carboxylic acids is 1. The fourth-order valence-corrected chi connectivity index (χ4v) is 1.52. The first kappa shape index (κ1) is 5.97. The minimum Gasteiger partial charge on any atom is -0.447 e. The largest absolute Gasteiger partial charge is 0.447 e. The molecule has 2 atom stereocenters. The van der Waals surface area contributed by atoms with E-state index in [-0.39, 0.29) is 18.2 Å². The fraction of sp³-hybridized carbons (Fsp3) is 0.833. The van der Waals surface area contributed by atoms with Gasteiger partial charge >= 0.3 is 6.09 Å². The van der Waals surface area contributed by atoms with Crippen LogP contribution in [-0.2, 0) is 4.74 Å². The van der Waals surface area contributed by atoms with E-state index in [1.807, 2.05) is 0 Å². The zero-order valence-electron chi connectivity index (χ0n) is 5.49. The Hall–Kier alpha value is -0.770. The maximum absolute atomic E-state index is 10.8. The van der Waals surface area contributed by atoms with Gasteiger partial charge < -0.3 is 9.84 Å². The van der Waals surface area contributed by atoms with Gasteiger partial charge in [0.15, 0.2) is 0 Å². The van der Waals surface area contributed by atoms with Crippen LogP contribution in [0.2, 0.25) is 0 Å². The van der Waals surface area contributed by atoms with Crippen LogP contribution in [0.25, 0.3) is 0 Å². The van der Waals surface area contributed by atoms with Crippen LogP contribution in [0.15, 0.2) is 0 Å². The van der Waals surface area contributed by atoms with E-state index in [0.29, 0.717) is 19.6 Å². The van der Waals surface area contributed by atoms with Crippen molar-refractivity contribution in [3.63, 3.8) is 0 Å². The van der Waals surface area contributed by atoms with E-state index in [1.165, 1.54) is 0 Å². The molecule has 0 aromatic carbocycles. The number of hydrogen-bond acceptors (Lipinski definition) is 3. The first-order valence-corrected chi connectivity index (χ1v) is 3.39. The summed E-state index contributed by atoms with van der Waals surface area (Å²) in [6.45, 7) is 0.902. The Morgan fingerprint density at radius 1 is 1.70 bits per heavy atom. The van der Waals surface area contributed by atoms with E-state index in [9.17, 15) is 4.79 Å². The van der Waals surface area contributed by atoms with Crippen LogP contribution in [0.4, 0.5) is 4.79 Å². The number of amides is 1. The van der Waals surface area contributed by atoms with Crippen molar-refractivity contribution in [1.29, 1.82) is 0 Å². The Bertz CT molecular complexity index is 170. The van der Waals surface area contributed by atoms with E-state index in [4.69, 9.17) is 9.84 Å². The van der Waals surface area contributed by atoms with Gasteiger partial charge in [0.05, 0.1) is 18.7 Å². The summed E-state index contributed by atoms with van der Waals surface area (Å²) in [6.07, 6.45) is 0.0607. The lowest BCUT2D eigenvalue weighted by molar-refractivity contribution is 0.136. The van der Waals surface area contributed by atoms with Crippen molar-refractivity contribution < 1.29 is 14.6 Å². The summed E-state index contributed by atoms with van der Waals surface area (Å²) in [6, 6.07) is 0.141. The molecule has 56 valence electrons. The number of ether oxygens (including phenoxy) is 1. The molecule has 2 rings (SSSR count). The summed E-state index contributed by atoms with van der Waals surface area (Å²) in [4.78, 5) is 12.4. The van der Waals surface area contributed by atoms with Gasteiger partial charge in [-0.25, -0.2) is 4.79 Å². The molecular weight excluding hydrogens is 134 g/mol. The minimum absolute atomic E-state index is 0.141. The van der Waals surface area contributed by atoms with Gasteiger partial charge in [-0.05, 0) is 6.42 Å². The molecule has 1 N–H and O–H groups in total. The topological polar surface area (TPSA) is 49.8 Å². The first-order valence-electron chi connectivity index (χ1n) is 3.39. The van der Waals surface area contributed by atoms with E-state index >= 15 is 0 Å². The van der Waals surface area contributed by atoms with E-state index in [2.05, 4.69) is 0 Å². The number of cyclic esters (lactones) is 1. The number of hydrogen-bond donors (Lipinski definition) is 1. The Kier molecular flexibility index (Phi) is 1.11. The van der Waals surface area contributed by atoms with Crippen molar-refractivity contribution >= 4 is 6.09 Å². The standard InChI is InChI=1S/C6H9NO3/c8-5-1-4-3-10-6(9)7(4)2-5/h4-5,8H,1-3H2/t4-,5-/m0/s1. The van der Waals surface area contributed by atoms with Crippen molar-refractivity contribution in [3.05, 3.63) is 0 Å². The third kappa shape index (κ3) is 0.686. The molecule has 0 aromatic heterocycles. The summed E-state index contributed by atoms with van der Waals surface area (Å²) in [5, 5.41) is 9.10. The highest BCUT2D eigenvalue weighted by Gasteiger charge is 2.40. The predicted octanol–water partition coefficient (Wildman–Crippen LogP) is -0.428. The van der Waals surface area contributed by atoms with Crippen LogP contribution in [0, 0.1) is 0 Å². The highest BCUT2D eigenvalue weighted by molar-refractivity contribution is 5.70. The Balaban J connectivity index is 2.12. The molecule has 4 nitrogen and oxygen atoms in total. The molecule has 0 radical (unpaired) electrons. The third-order valence-corrected chi connectivity index (χ3v) is 2.03. The highest BCUT2D eigenvalue weighted by Crippen LogP contribution is 2.23. The number of fused-ring (bicyclic) bond motifs is 1. The van der Waals surface area contributed by atoms with Gasteiger partial charge in [-0.15, -0.1) is 0 Å². The van der Waals surface area contributed by atoms with E-state index in [0.717, 1.165) is 0 Å². The molecule has 2 fully saturated rings. The van der Waals surface area contributed by atoms with Crippen LogP contribution < -0.4 is 0 Å². The van der Waals surface area contributed by atoms with Gasteiger partial charge in [0.2, 0.25) is 0 Å². The molecule has 0 unspecified atom stereocenters. The zero-order valence-corrected chi connectivity index (χ0v) is 5.49. The summed E-state index contributed by atoms with van der Waals surface area (Å²) in [5.74, 6) is 0. The van der Waals surface area contributed by atoms with E-state index in [1.54, 1.807) is 4.90 Å². The Labute approximate surface area is 58.4 Å². The second kappa shape index (κ2) is 1.85. The van der Waals surface area contributed by atoms with Crippen LogP contribution in [0.1, 0.15) is 6.42 Å². The van der Waals surface area contributed by atoms with E-state index < -0.39 is 0 Å². The molecule has 2 heterocycles. The number of aliphatic hydroxyl groups is 1. The Morgan fingerprint density at radius 3 is 3.20 bits per heavy atom. The summed E-state index contributed by atoms with van der Waals surface area (Å²) in [7, 11) is 0. The molecule has 10 heavy (non-hydrogen) atoms. The molecular formula is C6H9NO3. The molecule has 0 spiro atoms. The van der Waals surface area contributed by atoms with Crippen LogP contribution in [0.3, 0.4) is 0 Å². The van der Waals surface area contributed by atoms with Gasteiger partial charge in [-0.1, -0.05) is 0 Å². The predicted molar refractivity (Wildman–Crippen MR) is 32.5 cm³/mol. The van der Waals surface area contributed by atoms with Gasteiger partial charge in [0.1, 0.15) is 6.61 Å². The van der Waals surface area contributed by atoms with Crippen molar-refractivity contribution in [2.24, 2.45) is 0 Å². The second-order valence-corrected chi connectivity index (χ2v) is 2.77. The monoisotopic (exact) mass is 143 g/mol. The third-order valence-electron chi connectivity index (χ3n) is 2.03. The molecule has 2 aliphatic heterocycles. The molecule has 0 aromatic rings. The van der Waals surface area contributed by atoms with Crippen molar-refractivity contribution in [2.75, 3.05) is 13.2 Å². The normalized spacial score (nSPS) is 38.1.